The minimum absolute atomic E-state index is 0.0637. The molecule has 1 aromatic rings. The first kappa shape index (κ1) is 13.2. The highest BCUT2D eigenvalue weighted by Gasteiger charge is 2.07. The summed E-state index contributed by atoms with van der Waals surface area (Å²) in [4.78, 5) is 25.4. The van der Waals surface area contributed by atoms with Crippen LogP contribution in [0.4, 0.5) is 10.5 Å². The predicted octanol–water partition coefficient (Wildman–Crippen LogP) is 1.64. The number of hydrogen-bond donors (Lipinski definition) is 3. The minimum atomic E-state index is -0.967. The van der Waals surface area contributed by atoms with Crippen molar-refractivity contribution in [1.82, 2.24) is 10.3 Å². The maximum atomic E-state index is 11.4. The lowest BCUT2D eigenvalue weighted by molar-refractivity contribution is -0.136. The second-order valence-electron chi connectivity index (χ2n) is 3.32. The third-order valence-electron chi connectivity index (χ3n) is 2.03. The van der Waals surface area contributed by atoms with Gasteiger partial charge in [-0.3, -0.25) is 9.78 Å². The minimum Gasteiger partial charge on any atom is -0.481 e. The van der Waals surface area contributed by atoms with E-state index in [1.807, 2.05) is 0 Å². The molecule has 0 aliphatic carbocycles. The van der Waals surface area contributed by atoms with Crippen LogP contribution in [-0.4, -0.2) is 28.6 Å². The van der Waals surface area contributed by atoms with Gasteiger partial charge in [-0.2, -0.15) is 0 Å². The summed E-state index contributed by atoms with van der Waals surface area (Å²) in [5, 5.41) is 13.8. The van der Waals surface area contributed by atoms with Crippen LogP contribution in [0.2, 0.25) is 5.02 Å². The zero-order valence-corrected chi connectivity index (χ0v) is 9.91. The number of carbonyl (C=O) groups is 2. The number of aliphatic carboxylic acids is 1. The number of rotatable bonds is 4. The van der Waals surface area contributed by atoms with Gasteiger partial charge in [0.05, 0.1) is 23.3 Å². The molecule has 1 rings (SSSR count). The lowest BCUT2D eigenvalue weighted by atomic mass is 10.2. The van der Waals surface area contributed by atoms with Crippen LogP contribution >= 0.6 is 11.6 Å². The summed E-state index contributed by atoms with van der Waals surface area (Å²) in [6.45, 7) is 1.81. The normalized spacial score (nSPS) is 9.76. The Morgan fingerprint density at radius 2 is 2.18 bits per heavy atom. The second kappa shape index (κ2) is 6.05. The van der Waals surface area contributed by atoms with E-state index in [2.05, 4.69) is 15.6 Å². The highest BCUT2D eigenvalue weighted by atomic mass is 35.5. The molecule has 0 bridgehead atoms. The van der Waals surface area contributed by atoms with Crippen molar-refractivity contribution in [1.29, 1.82) is 0 Å². The van der Waals surface area contributed by atoms with Crippen LogP contribution in [0.1, 0.15) is 12.0 Å². The number of urea groups is 1. The van der Waals surface area contributed by atoms with E-state index < -0.39 is 12.0 Å². The molecule has 0 aliphatic rings. The Hall–Kier alpha value is -1.82. The van der Waals surface area contributed by atoms with Gasteiger partial charge in [0, 0.05) is 12.7 Å². The van der Waals surface area contributed by atoms with Crippen LogP contribution in [-0.2, 0) is 4.79 Å². The molecular formula is C10H12ClN3O3. The highest BCUT2D eigenvalue weighted by molar-refractivity contribution is 6.31. The molecule has 1 aromatic heterocycles. The van der Waals surface area contributed by atoms with Gasteiger partial charge >= 0.3 is 12.0 Å². The Morgan fingerprint density at radius 1 is 1.47 bits per heavy atom. The van der Waals surface area contributed by atoms with Gasteiger partial charge < -0.3 is 15.7 Å². The summed E-state index contributed by atoms with van der Waals surface area (Å²) in [6, 6.07) is -0.488. The second-order valence-corrected chi connectivity index (χ2v) is 3.73. The van der Waals surface area contributed by atoms with Gasteiger partial charge in [0.15, 0.2) is 0 Å². The zero-order chi connectivity index (χ0) is 12.8. The first-order chi connectivity index (χ1) is 8.00. The Kier molecular flexibility index (Phi) is 4.71. The fourth-order valence-corrected chi connectivity index (χ4v) is 1.23. The van der Waals surface area contributed by atoms with Crippen LogP contribution in [0.15, 0.2) is 12.4 Å². The summed E-state index contributed by atoms with van der Waals surface area (Å²) in [5.41, 5.74) is 1.19. The maximum Gasteiger partial charge on any atom is 0.319 e. The highest BCUT2D eigenvalue weighted by Crippen LogP contribution is 2.20. The third kappa shape index (κ3) is 4.28. The molecule has 0 aliphatic heterocycles. The number of carboxylic acids is 1. The van der Waals surface area contributed by atoms with Crippen molar-refractivity contribution >= 4 is 29.3 Å². The average Bonchev–Trinajstić information content (AvgIpc) is 2.24. The number of anilines is 1. The number of nitrogens with one attached hydrogen (secondary N) is 2. The summed E-state index contributed by atoms with van der Waals surface area (Å²) >= 11 is 5.83. The van der Waals surface area contributed by atoms with E-state index in [4.69, 9.17) is 16.7 Å². The van der Waals surface area contributed by atoms with E-state index >= 15 is 0 Å². The molecule has 0 saturated heterocycles. The van der Waals surface area contributed by atoms with Crippen molar-refractivity contribution < 1.29 is 14.7 Å². The molecule has 2 amide bonds. The predicted molar refractivity (Wildman–Crippen MR) is 63.3 cm³/mol. The van der Waals surface area contributed by atoms with Crippen molar-refractivity contribution in [2.24, 2.45) is 0 Å². The van der Waals surface area contributed by atoms with Gasteiger partial charge in [-0.1, -0.05) is 11.6 Å². The van der Waals surface area contributed by atoms with E-state index in [9.17, 15) is 9.59 Å². The fourth-order valence-electron chi connectivity index (χ4n) is 1.08. The average molecular weight is 258 g/mol. The monoisotopic (exact) mass is 257 g/mol. The van der Waals surface area contributed by atoms with Gasteiger partial charge in [-0.25, -0.2) is 4.79 Å². The number of aromatic nitrogens is 1. The van der Waals surface area contributed by atoms with Gasteiger partial charge in [0.1, 0.15) is 0 Å². The standard InChI is InChI=1S/C10H12ClN3O3/c1-6-7(11)4-12-5-8(6)14-10(17)13-3-2-9(15)16/h4-5H,2-3H2,1H3,(H,15,16)(H2,13,14,17). The van der Waals surface area contributed by atoms with Gasteiger partial charge in [0.2, 0.25) is 0 Å². The van der Waals surface area contributed by atoms with E-state index in [0.717, 1.165) is 0 Å². The number of carboxylic acid groups (broad SMARTS) is 1. The van der Waals surface area contributed by atoms with Crippen molar-refractivity contribution in [2.75, 3.05) is 11.9 Å². The molecule has 92 valence electrons. The molecule has 17 heavy (non-hydrogen) atoms. The topological polar surface area (TPSA) is 91.3 Å². The van der Waals surface area contributed by atoms with E-state index in [0.29, 0.717) is 16.3 Å². The van der Waals surface area contributed by atoms with Crippen molar-refractivity contribution in [3.05, 3.63) is 23.0 Å². The Morgan fingerprint density at radius 3 is 2.82 bits per heavy atom. The maximum absolute atomic E-state index is 11.4. The molecule has 0 aromatic carbocycles. The Balaban J connectivity index is 2.51. The molecular weight excluding hydrogens is 246 g/mol. The summed E-state index contributed by atoms with van der Waals surface area (Å²) in [5.74, 6) is -0.967. The number of pyridine rings is 1. The largest absolute Gasteiger partial charge is 0.481 e. The molecule has 3 N–H and O–H groups in total. The molecule has 0 fully saturated rings. The van der Waals surface area contributed by atoms with Crippen LogP contribution in [0, 0.1) is 6.92 Å². The summed E-state index contributed by atoms with van der Waals surface area (Å²) in [6.07, 6.45) is 2.82. The van der Waals surface area contributed by atoms with Crippen molar-refractivity contribution in [3.8, 4) is 0 Å². The van der Waals surface area contributed by atoms with Crippen molar-refractivity contribution in [2.45, 2.75) is 13.3 Å². The molecule has 1 heterocycles. The van der Waals surface area contributed by atoms with Gasteiger partial charge in [-0.05, 0) is 12.5 Å². The molecule has 6 nitrogen and oxygen atoms in total. The van der Waals surface area contributed by atoms with E-state index in [1.54, 1.807) is 6.92 Å². The lowest BCUT2D eigenvalue weighted by Crippen LogP contribution is -2.30. The third-order valence-corrected chi connectivity index (χ3v) is 2.41. The SMILES string of the molecule is Cc1c(Cl)cncc1NC(=O)NCCC(=O)O. The van der Waals surface area contributed by atoms with Crippen LogP contribution in [0.3, 0.4) is 0 Å². The number of halogens is 1. The van der Waals surface area contributed by atoms with Crippen molar-refractivity contribution in [3.63, 3.8) is 0 Å². The number of nitrogens with zero attached hydrogens (tertiary/aromatic N) is 1. The van der Waals surface area contributed by atoms with Crippen LogP contribution < -0.4 is 10.6 Å². The molecule has 0 spiro atoms. The number of amides is 2. The fraction of sp³-hybridized carbons (Fsp3) is 0.300. The Bertz CT molecular complexity index is 437. The first-order valence-electron chi connectivity index (χ1n) is 4.87. The number of carbonyl (C=O) groups excluding carboxylic acids is 1. The molecule has 0 radical (unpaired) electrons. The van der Waals surface area contributed by atoms with E-state index in [-0.39, 0.29) is 13.0 Å². The van der Waals surface area contributed by atoms with E-state index in [1.165, 1.54) is 12.4 Å². The molecule has 0 unspecified atom stereocenters. The molecule has 7 heteroatoms. The van der Waals surface area contributed by atoms with Gasteiger partial charge in [0.25, 0.3) is 0 Å². The zero-order valence-electron chi connectivity index (χ0n) is 9.16. The van der Waals surface area contributed by atoms with Gasteiger partial charge in [-0.15, -0.1) is 0 Å². The quantitative estimate of drug-likeness (QED) is 0.765. The number of hydrogen-bond acceptors (Lipinski definition) is 3. The molecule has 0 saturated carbocycles. The lowest BCUT2D eigenvalue weighted by Gasteiger charge is -2.09. The summed E-state index contributed by atoms with van der Waals surface area (Å²) in [7, 11) is 0. The molecule has 0 atom stereocenters. The summed E-state index contributed by atoms with van der Waals surface area (Å²) < 4.78 is 0. The van der Waals surface area contributed by atoms with Crippen LogP contribution in [0.25, 0.3) is 0 Å². The van der Waals surface area contributed by atoms with Crippen LogP contribution in [0.5, 0.6) is 0 Å². The first-order valence-corrected chi connectivity index (χ1v) is 5.25. The smallest absolute Gasteiger partial charge is 0.319 e. The Labute approximate surface area is 103 Å².